The molecule has 13 heavy (non-hydrogen) atoms. The average molecular weight is 178 g/mol. The van der Waals surface area contributed by atoms with Crippen LogP contribution in [0.25, 0.3) is 0 Å². The van der Waals surface area contributed by atoms with Gasteiger partial charge in [-0.2, -0.15) is 0 Å². The number of aliphatic hydroxyl groups is 2. The van der Waals surface area contributed by atoms with E-state index in [9.17, 15) is 10.2 Å². The maximum absolute atomic E-state index is 9.76. The molecule has 3 aliphatic rings. The van der Waals surface area contributed by atoms with Gasteiger partial charge in [0.2, 0.25) is 0 Å². The number of hydrogen-bond donors (Lipinski definition) is 2. The first-order valence-corrected chi connectivity index (χ1v) is 4.98. The Labute approximate surface area is 77.6 Å². The van der Waals surface area contributed by atoms with E-state index in [-0.39, 0.29) is 24.5 Å². The van der Waals surface area contributed by atoms with Crippen molar-refractivity contribution in [2.75, 3.05) is 6.61 Å². The highest BCUT2D eigenvalue weighted by molar-refractivity contribution is 5.27. The third kappa shape index (κ3) is 0.903. The van der Waals surface area contributed by atoms with Crippen LogP contribution in [0.2, 0.25) is 0 Å². The van der Waals surface area contributed by atoms with Crippen LogP contribution in [0, 0.1) is 29.6 Å². The molecule has 0 heterocycles. The van der Waals surface area contributed by atoms with Gasteiger partial charge in [-0.25, -0.2) is 0 Å². The number of allylic oxidation sites excluding steroid dienone is 2. The van der Waals surface area contributed by atoms with Crippen molar-refractivity contribution in [3.63, 3.8) is 0 Å². The summed E-state index contributed by atoms with van der Waals surface area (Å²) in [6.07, 6.45) is 7.96. The van der Waals surface area contributed by atoms with E-state index in [1.54, 1.807) is 0 Å². The number of rotatable bonds is 1. The van der Waals surface area contributed by atoms with E-state index in [1.165, 1.54) is 0 Å². The summed E-state index contributed by atoms with van der Waals surface area (Å²) in [6.45, 7) is 0.214. The Morgan fingerprint density at radius 3 is 2.23 bits per heavy atom. The normalized spacial score (nSPS) is 56.2. The lowest BCUT2D eigenvalue weighted by Crippen LogP contribution is -2.30. The van der Waals surface area contributed by atoms with Crippen molar-refractivity contribution < 1.29 is 10.2 Å². The Bertz CT molecular complexity index is 278. The highest BCUT2D eigenvalue weighted by atomic mass is 16.3. The summed E-state index contributed by atoms with van der Waals surface area (Å²) in [4.78, 5) is 0. The lowest BCUT2D eigenvalue weighted by molar-refractivity contribution is 0.0885. The first-order valence-electron chi connectivity index (χ1n) is 4.98. The minimum atomic E-state index is -0.387. The lowest BCUT2D eigenvalue weighted by atomic mass is 9.81. The fourth-order valence-corrected chi connectivity index (χ4v) is 3.11. The van der Waals surface area contributed by atoms with Gasteiger partial charge >= 0.3 is 0 Å². The molecule has 0 amide bonds. The Morgan fingerprint density at radius 2 is 1.54 bits per heavy atom. The summed E-state index contributed by atoms with van der Waals surface area (Å²) in [6, 6.07) is 0. The molecule has 2 N–H and O–H groups in total. The lowest BCUT2D eigenvalue weighted by Gasteiger charge is -2.27. The summed E-state index contributed by atoms with van der Waals surface area (Å²) in [7, 11) is 0. The SMILES string of the molecule is OC[C@H]1[C@@H]2C=C[C@@H]3[C@H](C=C[C@H]2O)[C@H]31. The molecule has 3 rings (SSSR count). The van der Waals surface area contributed by atoms with E-state index in [4.69, 9.17) is 0 Å². The van der Waals surface area contributed by atoms with Gasteiger partial charge in [0.05, 0.1) is 6.10 Å². The first kappa shape index (κ1) is 7.77. The van der Waals surface area contributed by atoms with Crippen molar-refractivity contribution in [1.82, 2.24) is 0 Å². The molecule has 0 unspecified atom stereocenters. The molecule has 0 aromatic heterocycles. The summed E-state index contributed by atoms with van der Waals surface area (Å²) in [5, 5.41) is 19.0. The molecule has 2 heteroatoms. The highest BCUT2D eigenvalue weighted by Crippen LogP contribution is 2.59. The Hall–Kier alpha value is -0.600. The van der Waals surface area contributed by atoms with Crippen molar-refractivity contribution in [2.24, 2.45) is 29.6 Å². The molecule has 0 aromatic rings. The predicted molar refractivity (Wildman–Crippen MR) is 48.8 cm³/mol. The Balaban J connectivity index is 2.00. The molecule has 0 aromatic carbocycles. The molecule has 0 saturated heterocycles. The Morgan fingerprint density at radius 1 is 0.923 bits per heavy atom. The third-order valence-electron chi connectivity index (χ3n) is 3.87. The molecular weight excluding hydrogens is 164 g/mol. The van der Waals surface area contributed by atoms with Gasteiger partial charge in [-0.15, -0.1) is 0 Å². The van der Waals surface area contributed by atoms with Gasteiger partial charge in [0.25, 0.3) is 0 Å². The van der Waals surface area contributed by atoms with Crippen LogP contribution in [0.4, 0.5) is 0 Å². The average Bonchev–Trinajstić information content (AvgIpc) is 2.84. The molecule has 2 nitrogen and oxygen atoms in total. The van der Waals surface area contributed by atoms with Crippen molar-refractivity contribution >= 4 is 0 Å². The second-order valence-electron chi connectivity index (χ2n) is 4.42. The van der Waals surface area contributed by atoms with E-state index >= 15 is 0 Å². The van der Waals surface area contributed by atoms with Crippen molar-refractivity contribution in [3.8, 4) is 0 Å². The van der Waals surface area contributed by atoms with Gasteiger partial charge in [-0.1, -0.05) is 24.3 Å². The molecule has 0 spiro atoms. The van der Waals surface area contributed by atoms with Crippen molar-refractivity contribution in [3.05, 3.63) is 24.3 Å². The molecule has 3 aliphatic carbocycles. The van der Waals surface area contributed by atoms with Crippen LogP contribution in [0.3, 0.4) is 0 Å². The molecule has 6 atom stereocenters. The largest absolute Gasteiger partial charge is 0.396 e. The molecular formula is C11H14O2. The summed E-state index contributed by atoms with van der Waals surface area (Å²) < 4.78 is 0. The summed E-state index contributed by atoms with van der Waals surface area (Å²) >= 11 is 0. The van der Waals surface area contributed by atoms with Gasteiger partial charge in [-0.05, 0) is 23.7 Å². The topological polar surface area (TPSA) is 40.5 Å². The zero-order chi connectivity index (χ0) is 9.00. The van der Waals surface area contributed by atoms with Crippen LogP contribution in [-0.4, -0.2) is 22.9 Å². The van der Waals surface area contributed by atoms with Crippen LogP contribution < -0.4 is 0 Å². The zero-order valence-corrected chi connectivity index (χ0v) is 7.38. The van der Waals surface area contributed by atoms with Crippen LogP contribution in [0.15, 0.2) is 24.3 Å². The van der Waals surface area contributed by atoms with Crippen LogP contribution in [0.1, 0.15) is 0 Å². The van der Waals surface area contributed by atoms with E-state index in [0.717, 1.165) is 0 Å². The van der Waals surface area contributed by atoms with Gasteiger partial charge < -0.3 is 10.2 Å². The van der Waals surface area contributed by atoms with Gasteiger partial charge in [0, 0.05) is 12.5 Å². The maximum atomic E-state index is 9.76. The predicted octanol–water partition coefficient (Wildman–Crippen LogP) is 0.574. The van der Waals surface area contributed by atoms with Crippen molar-refractivity contribution in [1.29, 1.82) is 0 Å². The number of hydrogen-bond acceptors (Lipinski definition) is 2. The number of fused-ring (bicyclic) bond motifs is 2. The quantitative estimate of drug-likeness (QED) is 0.576. The minimum absolute atomic E-state index is 0.148. The monoisotopic (exact) mass is 178 g/mol. The van der Waals surface area contributed by atoms with Gasteiger partial charge in [0.1, 0.15) is 0 Å². The molecule has 0 radical (unpaired) electrons. The molecule has 1 saturated carbocycles. The molecule has 2 bridgehead atoms. The van der Waals surface area contributed by atoms with Crippen LogP contribution in [0.5, 0.6) is 0 Å². The minimum Gasteiger partial charge on any atom is -0.396 e. The van der Waals surface area contributed by atoms with E-state index in [0.29, 0.717) is 17.8 Å². The van der Waals surface area contributed by atoms with E-state index < -0.39 is 0 Å². The zero-order valence-electron chi connectivity index (χ0n) is 7.38. The standard InChI is InChI=1S/C11H14O2/c12-5-9-6-1-2-7-8(11(7)9)3-4-10(6)13/h1-4,6-13H,5H2/t6-,7+,8-,9-,10+,11-/m0/s1. The molecule has 0 aliphatic heterocycles. The van der Waals surface area contributed by atoms with Crippen LogP contribution in [-0.2, 0) is 0 Å². The second-order valence-corrected chi connectivity index (χ2v) is 4.42. The smallest absolute Gasteiger partial charge is 0.0787 e. The Kier molecular flexibility index (Phi) is 1.47. The fourth-order valence-electron chi connectivity index (χ4n) is 3.11. The summed E-state index contributed by atoms with van der Waals surface area (Å²) in [5.74, 6) is 2.28. The molecule has 1 fully saturated rings. The maximum Gasteiger partial charge on any atom is 0.0787 e. The van der Waals surface area contributed by atoms with Gasteiger partial charge in [0.15, 0.2) is 0 Å². The number of aliphatic hydroxyl groups excluding tert-OH is 2. The fraction of sp³-hybridized carbons (Fsp3) is 0.636. The summed E-state index contributed by atoms with van der Waals surface area (Å²) in [5.41, 5.74) is 0. The first-order chi connectivity index (χ1) is 6.33. The van der Waals surface area contributed by atoms with Gasteiger partial charge in [-0.3, -0.25) is 0 Å². The second kappa shape index (κ2) is 2.46. The van der Waals surface area contributed by atoms with Crippen molar-refractivity contribution in [2.45, 2.75) is 6.10 Å². The third-order valence-corrected chi connectivity index (χ3v) is 3.87. The highest BCUT2D eigenvalue weighted by Gasteiger charge is 2.56. The molecule has 70 valence electrons. The van der Waals surface area contributed by atoms with E-state index in [1.807, 2.05) is 6.08 Å². The van der Waals surface area contributed by atoms with Crippen LogP contribution >= 0.6 is 0 Å². The van der Waals surface area contributed by atoms with E-state index in [2.05, 4.69) is 18.2 Å².